The van der Waals surface area contributed by atoms with Crippen LogP contribution in [0.15, 0.2) is 12.2 Å². The van der Waals surface area contributed by atoms with Gasteiger partial charge in [-0.05, 0) is 140 Å². The van der Waals surface area contributed by atoms with Crippen molar-refractivity contribution >= 4 is 17.9 Å². The summed E-state index contributed by atoms with van der Waals surface area (Å²) in [6.45, 7) is 4.07. The monoisotopic (exact) mass is 716 g/mol. The first-order chi connectivity index (χ1) is 24.8. The molecule has 4 saturated carbocycles. The first-order valence-electron chi connectivity index (χ1n) is 21.6. The number of carbonyl (C=O) groups is 3. The van der Waals surface area contributed by atoms with E-state index in [1.165, 1.54) is 70.6 Å². The van der Waals surface area contributed by atoms with E-state index in [2.05, 4.69) is 17.9 Å². The zero-order valence-electron chi connectivity index (χ0n) is 33.3. The second kappa shape index (κ2) is 26.0. The number of rotatable bonds is 31. The molecule has 0 amide bonds. The first-order valence-corrected chi connectivity index (χ1v) is 21.6. The number of unbranched alkanes of at least 4 members (excludes halogenated alkanes) is 13. The van der Waals surface area contributed by atoms with Crippen molar-refractivity contribution in [2.75, 3.05) is 33.9 Å². The standard InChI is InChI=1S/C44H77NO6/c1-4-5-6-7-9-15-20-28-49-41(46)25-19-14-11-13-18-24-40(51-42(47)26-22-27-45(2)3)23-17-12-8-10-16-21-29-50-43(48)36-44-33-37-30-38(34-44)32-39(31-37)35-44/h15,20,37-40H,4-14,16-19,21-36H2,1-3H3/b20-15-. The second-order valence-corrected chi connectivity index (χ2v) is 17.1. The van der Waals surface area contributed by atoms with Gasteiger partial charge in [0.2, 0.25) is 0 Å². The Morgan fingerprint density at radius 3 is 1.84 bits per heavy atom. The highest BCUT2D eigenvalue weighted by atomic mass is 16.5. The van der Waals surface area contributed by atoms with Gasteiger partial charge in [0.1, 0.15) is 12.7 Å². The molecule has 1 atom stereocenters. The lowest BCUT2D eigenvalue weighted by Crippen LogP contribution is -2.47. The smallest absolute Gasteiger partial charge is 0.306 e. The summed E-state index contributed by atoms with van der Waals surface area (Å²) in [6, 6.07) is 0. The van der Waals surface area contributed by atoms with Crippen LogP contribution < -0.4 is 0 Å². The molecule has 4 aliphatic rings. The van der Waals surface area contributed by atoms with E-state index in [1.807, 2.05) is 20.2 Å². The number of ether oxygens (including phenoxy) is 3. The summed E-state index contributed by atoms with van der Waals surface area (Å²) < 4.78 is 17.0. The van der Waals surface area contributed by atoms with E-state index in [1.54, 1.807) is 0 Å². The highest BCUT2D eigenvalue weighted by Crippen LogP contribution is 2.61. The molecule has 4 aliphatic carbocycles. The Labute approximate surface area is 312 Å². The topological polar surface area (TPSA) is 82.1 Å². The molecular weight excluding hydrogens is 638 g/mol. The summed E-state index contributed by atoms with van der Waals surface area (Å²) in [6.07, 6.45) is 34.3. The van der Waals surface area contributed by atoms with Gasteiger partial charge in [-0.2, -0.15) is 0 Å². The number of esters is 3. The maximum atomic E-state index is 12.7. The molecular formula is C44H77NO6. The van der Waals surface area contributed by atoms with E-state index in [0.717, 1.165) is 114 Å². The second-order valence-electron chi connectivity index (χ2n) is 17.1. The predicted octanol–water partition coefficient (Wildman–Crippen LogP) is 10.9. The third-order valence-corrected chi connectivity index (χ3v) is 11.8. The molecule has 7 heteroatoms. The van der Waals surface area contributed by atoms with Crippen molar-refractivity contribution in [3.8, 4) is 0 Å². The number of allylic oxidation sites excluding steroid dienone is 1. The average molecular weight is 716 g/mol. The van der Waals surface area contributed by atoms with Gasteiger partial charge in [-0.15, -0.1) is 0 Å². The van der Waals surface area contributed by atoms with Crippen LogP contribution in [0.3, 0.4) is 0 Å². The van der Waals surface area contributed by atoms with Gasteiger partial charge in [-0.25, -0.2) is 0 Å². The predicted molar refractivity (Wildman–Crippen MR) is 207 cm³/mol. The van der Waals surface area contributed by atoms with Gasteiger partial charge in [0.25, 0.3) is 0 Å². The van der Waals surface area contributed by atoms with Crippen molar-refractivity contribution in [1.82, 2.24) is 4.90 Å². The number of carbonyl (C=O) groups excluding carboxylic acids is 3. The van der Waals surface area contributed by atoms with Crippen molar-refractivity contribution < 1.29 is 28.6 Å². The van der Waals surface area contributed by atoms with Crippen molar-refractivity contribution in [3.63, 3.8) is 0 Å². The highest BCUT2D eigenvalue weighted by molar-refractivity contribution is 5.70. The van der Waals surface area contributed by atoms with Crippen LogP contribution in [0.1, 0.15) is 187 Å². The van der Waals surface area contributed by atoms with E-state index in [9.17, 15) is 14.4 Å². The molecule has 0 heterocycles. The molecule has 0 aliphatic heterocycles. The summed E-state index contributed by atoms with van der Waals surface area (Å²) in [5, 5.41) is 0. The third-order valence-electron chi connectivity index (χ3n) is 11.8. The maximum Gasteiger partial charge on any atom is 0.306 e. The fraction of sp³-hybridized carbons (Fsp3) is 0.886. The van der Waals surface area contributed by atoms with Gasteiger partial charge in [0, 0.05) is 12.8 Å². The van der Waals surface area contributed by atoms with E-state index in [4.69, 9.17) is 14.2 Å². The molecule has 7 nitrogen and oxygen atoms in total. The van der Waals surface area contributed by atoms with Crippen molar-refractivity contribution in [2.45, 2.75) is 193 Å². The molecule has 0 radical (unpaired) electrons. The molecule has 1 unspecified atom stereocenters. The lowest BCUT2D eigenvalue weighted by Gasteiger charge is -2.56. The summed E-state index contributed by atoms with van der Waals surface area (Å²) >= 11 is 0. The third kappa shape index (κ3) is 19.7. The minimum absolute atomic E-state index is 0.0000759. The highest BCUT2D eigenvalue weighted by Gasteiger charge is 2.51. The Bertz CT molecular complexity index is 957. The van der Waals surface area contributed by atoms with Gasteiger partial charge in [0.05, 0.1) is 13.0 Å². The Hall–Kier alpha value is -1.89. The molecule has 0 saturated heterocycles. The summed E-state index contributed by atoms with van der Waals surface area (Å²) in [5.74, 6) is 2.51. The Morgan fingerprint density at radius 2 is 1.22 bits per heavy atom. The van der Waals surface area contributed by atoms with Gasteiger partial charge >= 0.3 is 17.9 Å². The molecule has 4 fully saturated rings. The van der Waals surface area contributed by atoms with Gasteiger partial charge in [0.15, 0.2) is 0 Å². The van der Waals surface area contributed by atoms with Gasteiger partial charge in [-0.1, -0.05) is 83.3 Å². The lowest BCUT2D eigenvalue weighted by molar-refractivity contribution is -0.152. The van der Waals surface area contributed by atoms with Crippen LogP contribution in [0, 0.1) is 23.2 Å². The lowest BCUT2D eigenvalue weighted by atomic mass is 9.49. The number of hydrogen-bond acceptors (Lipinski definition) is 7. The summed E-state index contributed by atoms with van der Waals surface area (Å²) in [4.78, 5) is 39.4. The van der Waals surface area contributed by atoms with Crippen molar-refractivity contribution in [2.24, 2.45) is 23.2 Å². The average Bonchev–Trinajstić information content (AvgIpc) is 3.07. The van der Waals surface area contributed by atoms with Crippen LogP contribution in [0.5, 0.6) is 0 Å². The summed E-state index contributed by atoms with van der Waals surface area (Å²) in [5.41, 5.74) is 0.270. The number of nitrogens with zero attached hydrogens (tertiary/aromatic N) is 1. The van der Waals surface area contributed by atoms with E-state index in [0.29, 0.717) is 32.5 Å². The van der Waals surface area contributed by atoms with Gasteiger partial charge in [-0.3, -0.25) is 14.4 Å². The molecule has 0 aromatic carbocycles. The Kier molecular flexibility index (Phi) is 22.2. The van der Waals surface area contributed by atoms with Crippen LogP contribution in [-0.2, 0) is 28.6 Å². The largest absolute Gasteiger partial charge is 0.466 e. The van der Waals surface area contributed by atoms with Crippen molar-refractivity contribution in [1.29, 1.82) is 0 Å². The Balaban J connectivity index is 1.19. The minimum atomic E-state index is -0.0993. The quantitative estimate of drug-likeness (QED) is 0.0306. The van der Waals surface area contributed by atoms with Crippen LogP contribution in [0.2, 0.25) is 0 Å². The van der Waals surface area contributed by atoms with E-state index in [-0.39, 0.29) is 29.4 Å². The molecule has 4 rings (SSSR count). The molecule has 0 aromatic heterocycles. The molecule has 0 N–H and O–H groups in total. The van der Waals surface area contributed by atoms with E-state index < -0.39 is 0 Å². The molecule has 51 heavy (non-hydrogen) atoms. The molecule has 4 bridgehead atoms. The normalized spacial score (nSPS) is 22.9. The Morgan fingerprint density at radius 1 is 0.647 bits per heavy atom. The van der Waals surface area contributed by atoms with Crippen LogP contribution in [0.4, 0.5) is 0 Å². The molecule has 0 spiro atoms. The van der Waals surface area contributed by atoms with Crippen molar-refractivity contribution in [3.05, 3.63) is 12.2 Å². The maximum absolute atomic E-state index is 12.7. The van der Waals surface area contributed by atoms with Crippen LogP contribution >= 0.6 is 0 Å². The van der Waals surface area contributed by atoms with E-state index >= 15 is 0 Å². The summed E-state index contributed by atoms with van der Waals surface area (Å²) in [7, 11) is 4.06. The zero-order chi connectivity index (χ0) is 36.6. The van der Waals surface area contributed by atoms with Crippen LogP contribution in [0.25, 0.3) is 0 Å². The number of hydrogen-bond donors (Lipinski definition) is 0. The first kappa shape index (κ1) is 43.5. The fourth-order valence-corrected chi connectivity index (χ4v) is 9.54. The zero-order valence-corrected chi connectivity index (χ0v) is 33.3. The van der Waals surface area contributed by atoms with Crippen LogP contribution in [-0.4, -0.2) is 62.8 Å². The minimum Gasteiger partial charge on any atom is -0.466 e. The fourth-order valence-electron chi connectivity index (χ4n) is 9.54. The molecule has 294 valence electrons. The SMILES string of the molecule is CCCCCC/C=C\COC(=O)CCCCCCCC(CCCCCCCCOC(=O)CC12CC3CC(CC(C3)C1)C2)OC(=O)CCCN(C)C. The van der Waals surface area contributed by atoms with Gasteiger partial charge < -0.3 is 19.1 Å². The molecule has 0 aromatic rings.